The standard InChI is InChI=1S/C17H20N2O2/c1-17(20)9-8-12(11-17)15-3-2-10-19-16(15)21-14-6-4-13(18)5-7-14/h2-7,10,12,20H,8-9,11,18H2,1H3/t12-,17+/m0/s1. The molecule has 0 radical (unpaired) electrons. The number of nitrogens with two attached hydrogens (primary N) is 1. The van der Waals surface area contributed by atoms with Gasteiger partial charge in [-0.25, -0.2) is 4.98 Å². The summed E-state index contributed by atoms with van der Waals surface area (Å²) < 4.78 is 5.90. The van der Waals surface area contributed by atoms with Crippen LogP contribution in [0, 0.1) is 0 Å². The first-order valence-electron chi connectivity index (χ1n) is 7.24. The molecule has 1 saturated carbocycles. The molecule has 4 nitrogen and oxygen atoms in total. The highest BCUT2D eigenvalue weighted by Gasteiger charge is 2.35. The van der Waals surface area contributed by atoms with E-state index in [1.54, 1.807) is 18.3 Å². The molecule has 0 amide bonds. The maximum absolute atomic E-state index is 10.2. The van der Waals surface area contributed by atoms with E-state index in [2.05, 4.69) is 4.98 Å². The molecule has 0 unspecified atom stereocenters. The Morgan fingerprint density at radius 2 is 2.05 bits per heavy atom. The van der Waals surface area contributed by atoms with Gasteiger partial charge in [-0.1, -0.05) is 6.07 Å². The summed E-state index contributed by atoms with van der Waals surface area (Å²) in [5.41, 5.74) is 6.86. The van der Waals surface area contributed by atoms with Crippen molar-refractivity contribution in [2.75, 3.05) is 5.73 Å². The third-order valence-corrected chi connectivity index (χ3v) is 4.05. The normalized spacial score (nSPS) is 25.0. The fourth-order valence-corrected chi connectivity index (χ4v) is 2.93. The van der Waals surface area contributed by atoms with Gasteiger partial charge in [0, 0.05) is 17.4 Å². The lowest BCUT2D eigenvalue weighted by molar-refractivity contribution is 0.0664. The molecule has 110 valence electrons. The largest absolute Gasteiger partial charge is 0.439 e. The van der Waals surface area contributed by atoms with Crippen molar-refractivity contribution in [2.24, 2.45) is 0 Å². The fraction of sp³-hybridized carbons (Fsp3) is 0.353. The second-order valence-electron chi connectivity index (χ2n) is 6.01. The minimum absolute atomic E-state index is 0.289. The van der Waals surface area contributed by atoms with E-state index in [0.717, 1.165) is 24.8 Å². The number of aromatic nitrogens is 1. The predicted molar refractivity (Wildman–Crippen MR) is 82.4 cm³/mol. The molecule has 3 rings (SSSR count). The Balaban J connectivity index is 1.84. The van der Waals surface area contributed by atoms with E-state index < -0.39 is 5.60 Å². The summed E-state index contributed by atoms with van der Waals surface area (Å²) in [5.74, 6) is 1.62. The molecule has 3 N–H and O–H groups in total. The monoisotopic (exact) mass is 284 g/mol. The van der Waals surface area contributed by atoms with Crippen LogP contribution in [0.3, 0.4) is 0 Å². The molecule has 1 aliphatic carbocycles. The van der Waals surface area contributed by atoms with Crippen molar-refractivity contribution in [3.05, 3.63) is 48.2 Å². The van der Waals surface area contributed by atoms with Crippen molar-refractivity contribution in [1.29, 1.82) is 0 Å². The first-order valence-corrected chi connectivity index (χ1v) is 7.24. The van der Waals surface area contributed by atoms with Crippen molar-refractivity contribution in [3.8, 4) is 11.6 Å². The van der Waals surface area contributed by atoms with E-state index in [4.69, 9.17) is 10.5 Å². The third kappa shape index (κ3) is 3.16. The number of aliphatic hydroxyl groups is 1. The minimum atomic E-state index is -0.584. The molecule has 1 aromatic heterocycles. The summed E-state index contributed by atoms with van der Waals surface area (Å²) in [6.45, 7) is 1.89. The Morgan fingerprint density at radius 1 is 1.29 bits per heavy atom. The van der Waals surface area contributed by atoms with E-state index in [9.17, 15) is 5.11 Å². The van der Waals surface area contributed by atoms with Crippen molar-refractivity contribution in [2.45, 2.75) is 37.7 Å². The van der Waals surface area contributed by atoms with E-state index >= 15 is 0 Å². The summed E-state index contributed by atoms with van der Waals surface area (Å²) in [6, 6.07) is 11.2. The molecular formula is C17H20N2O2. The zero-order chi connectivity index (χ0) is 14.9. The molecule has 1 heterocycles. The van der Waals surface area contributed by atoms with Crippen molar-refractivity contribution in [1.82, 2.24) is 4.98 Å². The summed E-state index contributed by atoms with van der Waals surface area (Å²) in [6.07, 6.45) is 4.24. The number of rotatable bonds is 3. The molecule has 2 atom stereocenters. The van der Waals surface area contributed by atoms with Crippen molar-refractivity contribution >= 4 is 5.69 Å². The molecule has 0 bridgehead atoms. The summed E-state index contributed by atoms with van der Waals surface area (Å²) >= 11 is 0. The van der Waals surface area contributed by atoms with E-state index in [1.165, 1.54) is 0 Å². The van der Waals surface area contributed by atoms with Crippen LogP contribution >= 0.6 is 0 Å². The van der Waals surface area contributed by atoms with E-state index in [1.807, 2.05) is 31.2 Å². The molecule has 1 aliphatic rings. The summed E-state index contributed by atoms with van der Waals surface area (Å²) in [4.78, 5) is 4.35. The van der Waals surface area contributed by atoms with Gasteiger partial charge in [-0.05, 0) is 62.4 Å². The topological polar surface area (TPSA) is 68.4 Å². The van der Waals surface area contributed by atoms with Crippen LogP contribution < -0.4 is 10.5 Å². The van der Waals surface area contributed by atoms with Gasteiger partial charge in [0.1, 0.15) is 5.75 Å². The maximum Gasteiger partial charge on any atom is 0.222 e. The Morgan fingerprint density at radius 3 is 2.71 bits per heavy atom. The Labute approximate surface area is 124 Å². The molecule has 4 heteroatoms. The number of nitrogen functional groups attached to an aromatic ring is 1. The summed E-state index contributed by atoms with van der Waals surface area (Å²) in [7, 11) is 0. The minimum Gasteiger partial charge on any atom is -0.439 e. The van der Waals surface area contributed by atoms with Gasteiger partial charge >= 0.3 is 0 Å². The predicted octanol–water partition coefficient (Wildman–Crippen LogP) is 3.47. The number of hydrogen-bond donors (Lipinski definition) is 2. The van der Waals surface area contributed by atoms with Gasteiger partial charge in [0.2, 0.25) is 5.88 Å². The van der Waals surface area contributed by atoms with Crippen LogP contribution in [0.1, 0.15) is 37.7 Å². The Hall–Kier alpha value is -2.07. The second-order valence-corrected chi connectivity index (χ2v) is 6.01. The number of anilines is 1. The van der Waals surface area contributed by atoms with Crippen LogP contribution in [-0.4, -0.2) is 15.7 Å². The molecule has 0 aliphatic heterocycles. The quantitative estimate of drug-likeness (QED) is 0.847. The van der Waals surface area contributed by atoms with Crippen LogP contribution in [0.15, 0.2) is 42.6 Å². The first-order chi connectivity index (χ1) is 10.0. The van der Waals surface area contributed by atoms with Gasteiger partial charge in [0.05, 0.1) is 5.60 Å². The van der Waals surface area contributed by atoms with Crippen LogP contribution in [0.2, 0.25) is 0 Å². The van der Waals surface area contributed by atoms with Crippen LogP contribution in [0.4, 0.5) is 5.69 Å². The number of pyridine rings is 1. The molecule has 0 saturated heterocycles. The lowest BCUT2D eigenvalue weighted by Crippen LogP contribution is -2.18. The molecule has 1 aromatic carbocycles. The second kappa shape index (κ2) is 5.37. The van der Waals surface area contributed by atoms with E-state index in [-0.39, 0.29) is 5.92 Å². The molecular weight excluding hydrogens is 264 g/mol. The SMILES string of the molecule is C[C@@]1(O)CC[C@H](c2cccnc2Oc2ccc(N)cc2)C1. The van der Waals surface area contributed by atoms with Gasteiger partial charge in [-0.2, -0.15) is 0 Å². The summed E-state index contributed by atoms with van der Waals surface area (Å²) in [5, 5.41) is 10.2. The fourth-order valence-electron chi connectivity index (χ4n) is 2.93. The Kier molecular flexibility index (Phi) is 3.55. The average Bonchev–Trinajstić information content (AvgIpc) is 2.82. The van der Waals surface area contributed by atoms with Crippen molar-refractivity contribution in [3.63, 3.8) is 0 Å². The zero-order valence-electron chi connectivity index (χ0n) is 12.1. The molecule has 1 fully saturated rings. The maximum atomic E-state index is 10.2. The average molecular weight is 284 g/mol. The van der Waals surface area contributed by atoms with Gasteiger partial charge in [-0.3, -0.25) is 0 Å². The number of ether oxygens (including phenoxy) is 1. The zero-order valence-corrected chi connectivity index (χ0v) is 12.1. The number of nitrogens with zero attached hydrogens (tertiary/aromatic N) is 1. The third-order valence-electron chi connectivity index (χ3n) is 4.05. The smallest absolute Gasteiger partial charge is 0.222 e. The molecule has 0 spiro atoms. The number of benzene rings is 1. The van der Waals surface area contributed by atoms with Gasteiger partial charge < -0.3 is 15.6 Å². The number of hydrogen-bond acceptors (Lipinski definition) is 4. The van der Waals surface area contributed by atoms with Crippen LogP contribution in [0.25, 0.3) is 0 Å². The van der Waals surface area contributed by atoms with Gasteiger partial charge in [0.25, 0.3) is 0 Å². The van der Waals surface area contributed by atoms with Crippen molar-refractivity contribution < 1.29 is 9.84 Å². The van der Waals surface area contributed by atoms with Crippen LogP contribution in [0.5, 0.6) is 11.6 Å². The van der Waals surface area contributed by atoms with Crippen LogP contribution in [-0.2, 0) is 0 Å². The highest BCUT2D eigenvalue weighted by atomic mass is 16.5. The highest BCUT2D eigenvalue weighted by molar-refractivity contribution is 5.43. The Bertz CT molecular complexity index is 623. The highest BCUT2D eigenvalue weighted by Crippen LogP contribution is 2.43. The van der Waals surface area contributed by atoms with Gasteiger partial charge in [-0.15, -0.1) is 0 Å². The molecule has 2 aromatic rings. The lowest BCUT2D eigenvalue weighted by Gasteiger charge is -2.18. The van der Waals surface area contributed by atoms with Gasteiger partial charge in [0.15, 0.2) is 0 Å². The molecule has 21 heavy (non-hydrogen) atoms. The van der Waals surface area contributed by atoms with E-state index in [0.29, 0.717) is 17.3 Å². The lowest BCUT2D eigenvalue weighted by atomic mass is 9.96. The first kappa shape index (κ1) is 13.9.